The van der Waals surface area contributed by atoms with Crippen LogP contribution in [-0.2, 0) is 4.74 Å². The fourth-order valence-electron chi connectivity index (χ4n) is 1.61. The summed E-state index contributed by atoms with van der Waals surface area (Å²) in [6.07, 6.45) is 1.59. The van der Waals surface area contributed by atoms with Gasteiger partial charge in [0.05, 0.1) is 10.4 Å². The Labute approximate surface area is 93.2 Å². The quantitative estimate of drug-likeness (QED) is 0.845. The van der Waals surface area contributed by atoms with Gasteiger partial charge in [0.1, 0.15) is 6.10 Å². The van der Waals surface area contributed by atoms with Crippen molar-refractivity contribution in [2.45, 2.75) is 25.6 Å². The second-order valence-corrected chi connectivity index (χ2v) is 5.20. The zero-order valence-corrected chi connectivity index (χ0v) is 9.70. The molecular weight excluding hydrogens is 218 g/mol. The van der Waals surface area contributed by atoms with Crippen molar-refractivity contribution in [3.8, 4) is 0 Å². The summed E-state index contributed by atoms with van der Waals surface area (Å²) in [5.74, 6) is 0. The van der Waals surface area contributed by atoms with Crippen LogP contribution >= 0.6 is 22.9 Å². The third-order valence-corrected chi connectivity index (χ3v) is 3.75. The van der Waals surface area contributed by atoms with E-state index in [2.05, 4.69) is 18.3 Å². The molecular formula is C10H14ClNOS. The Hall–Kier alpha value is -0.0900. The highest BCUT2D eigenvalue weighted by Crippen LogP contribution is 2.30. The number of nitrogens with one attached hydrogen (secondary N) is 1. The lowest BCUT2D eigenvalue weighted by Crippen LogP contribution is -2.39. The van der Waals surface area contributed by atoms with Crippen LogP contribution in [0.4, 0.5) is 0 Å². The molecule has 0 aromatic carbocycles. The van der Waals surface area contributed by atoms with Gasteiger partial charge in [-0.2, -0.15) is 0 Å². The van der Waals surface area contributed by atoms with Crippen LogP contribution < -0.4 is 5.32 Å². The topological polar surface area (TPSA) is 21.3 Å². The van der Waals surface area contributed by atoms with E-state index in [0.29, 0.717) is 6.10 Å². The summed E-state index contributed by atoms with van der Waals surface area (Å²) in [7, 11) is 0. The van der Waals surface area contributed by atoms with Crippen molar-refractivity contribution in [3.63, 3.8) is 0 Å². The van der Waals surface area contributed by atoms with Crippen molar-refractivity contribution < 1.29 is 4.74 Å². The van der Waals surface area contributed by atoms with Crippen LogP contribution in [0.1, 0.15) is 24.3 Å². The van der Waals surface area contributed by atoms with Gasteiger partial charge in [-0.1, -0.05) is 18.5 Å². The van der Waals surface area contributed by atoms with E-state index in [1.165, 1.54) is 4.88 Å². The summed E-state index contributed by atoms with van der Waals surface area (Å²) in [5, 5.41) is 3.38. The highest BCUT2D eigenvalue weighted by Gasteiger charge is 2.23. The van der Waals surface area contributed by atoms with Gasteiger partial charge >= 0.3 is 0 Å². The van der Waals surface area contributed by atoms with E-state index in [1.807, 2.05) is 6.07 Å². The molecule has 1 aliphatic rings. The van der Waals surface area contributed by atoms with E-state index < -0.39 is 0 Å². The summed E-state index contributed by atoms with van der Waals surface area (Å²) in [6, 6.07) is 3.98. The van der Waals surface area contributed by atoms with Crippen LogP contribution in [0.5, 0.6) is 0 Å². The summed E-state index contributed by atoms with van der Waals surface area (Å²) < 4.78 is 6.76. The lowest BCUT2D eigenvalue weighted by atomic mass is 10.2. The Morgan fingerprint density at radius 2 is 2.43 bits per heavy atom. The van der Waals surface area contributed by atoms with E-state index in [-0.39, 0.29) is 6.10 Å². The molecule has 2 heterocycles. The van der Waals surface area contributed by atoms with Gasteiger partial charge in [0.2, 0.25) is 0 Å². The monoisotopic (exact) mass is 231 g/mol. The number of rotatable bonds is 2. The van der Waals surface area contributed by atoms with E-state index in [4.69, 9.17) is 16.3 Å². The van der Waals surface area contributed by atoms with Crippen molar-refractivity contribution >= 4 is 22.9 Å². The molecule has 1 fully saturated rings. The molecule has 0 amide bonds. The predicted octanol–water partition coefficient (Wildman–Crippen LogP) is 2.84. The molecule has 14 heavy (non-hydrogen) atoms. The Morgan fingerprint density at radius 1 is 1.57 bits per heavy atom. The fourth-order valence-corrected chi connectivity index (χ4v) is 2.71. The van der Waals surface area contributed by atoms with Gasteiger partial charge in [-0.05, 0) is 18.6 Å². The molecule has 0 radical (unpaired) electrons. The van der Waals surface area contributed by atoms with Crippen molar-refractivity contribution in [1.82, 2.24) is 5.32 Å². The van der Waals surface area contributed by atoms with Gasteiger partial charge in [-0.25, -0.2) is 0 Å². The van der Waals surface area contributed by atoms with Gasteiger partial charge in [0.25, 0.3) is 0 Å². The van der Waals surface area contributed by atoms with Gasteiger partial charge in [-0.3, -0.25) is 0 Å². The summed E-state index contributed by atoms with van der Waals surface area (Å²) >= 11 is 7.50. The normalized spacial score (nSPS) is 27.9. The number of hydrogen-bond donors (Lipinski definition) is 1. The Bertz CT molecular complexity index is 302. The third-order valence-electron chi connectivity index (χ3n) is 2.43. The Morgan fingerprint density at radius 3 is 3.07 bits per heavy atom. The number of halogens is 1. The molecule has 0 saturated carbocycles. The van der Waals surface area contributed by atoms with Crippen molar-refractivity contribution in [3.05, 3.63) is 21.3 Å². The van der Waals surface area contributed by atoms with E-state index in [0.717, 1.165) is 23.8 Å². The largest absolute Gasteiger partial charge is 0.367 e. The summed E-state index contributed by atoms with van der Waals surface area (Å²) in [5.41, 5.74) is 0. The van der Waals surface area contributed by atoms with Gasteiger partial charge in [0, 0.05) is 18.0 Å². The molecule has 1 N–H and O–H groups in total. The van der Waals surface area contributed by atoms with Crippen LogP contribution in [0, 0.1) is 0 Å². The highest BCUT2D eigenvalue weighted by molar-refractivity contribution is 7.16. The maximum atomic E-state index is 5.92. The average Bonchev–Trinajstić information content (AvgIpc) is 2.65. The molecule has 0 aliphatic carbocycles. The molecule has 4 heteroatoms. The lowest BCUT2D eigenvalue weighted by Gasteiger charge is -2.29. The van der Waals surface area contributed by atoms with Crippen LogP contribution in [0.15, 0.2) is 12.1 Å². The molecule has 78 valence electrons. The summed E-state index contributed by atoms with van der Waals surface area (Å²) in [4.78, 5) is 1.22. The van der Waals surface area contributed by atoms with Gasteiger partial charge in [-0.15, -0.1) is 11.3 Å². The SMILES string of the molecule is CCC1CNCC(c2ccc(Cl)s2)O1. The minimum Gasteiger partial charge on any atom is -0.367 e. The Balaban J connectivity index is 2.04. The lowest BCUT2D eigenvalue weighted by molar-refractivity contribution is -0.0382. The molecule has 1 aromatic rings. The second-order valence-electron chi connectivity index (χ2n) is 3.46. The smallest absolute Gasteiger partial charge is 0.105 e. The zero-order chi connectivity index (χ0) is 9.97. The third kappa shape index (κ3) is 2.28. The van der Waals surface area contributed by atoms with Crippen LogP contribution in [0.2, 0.25) is 4.34 Å². The van der Waals surface area contributed by atoms with E-state index in [9.17, 15) is 0 Å². The first-order valence-electron chi connectivity index (χ1n) is 4.91. The average molecular weight is 232 g/mol. The fraction of sp³-hybridized carbons (Fsp3) is 0.600. The van der Waals surface area contributed by atoms with Crippen molar-refractivity contribution in [2.24, 2.45) is 0 Å². The van der Waals surface area contributed by atoms with Crippen LogP contribution in [-0.4, -0.2) is 19.2 Å². The van der Waals surface area contributed by atoms with Gasteiger partial charge < -0.3 is 10.1 Å². The molecule has 0 spiro atoms. The van der Waals surface area contributed by atoms with Crippen LogP contribution in [0.25, 0.3) is 0 Å². The maximum Gasteiger partial charge on any atom is 0.105 e. The van der Waals surface area contributed by atoms with E-state index >= 15 is 0 Å². The number of ether oxygens (including phenoxy) is 1. The second kappa shape index (κ2) is 4.62. The minimum absolute atomic E-state index is 0.186. The molecule has 2 rings (SSSR count). The molecule has 0 bridgehead atoms. The van der Waals surface area contributed by atoms with Crippen LogP contribution in [0.3, 0.4) is 0 Å². The van der Waals surface area contributed by atoms with Crippen molar-refractivity contribution in [2.75, 3.05) is 13.1 Å². The molecule has 2 unspecified atom stereocenters. The number of morpholine rings is 1. The molecule has 2 nitrogen and oxygen atoms in total. The van der Waals surface area contributed by atoms with Gasteiger partial charge in [0.15, 0.2) is 0 Å². The first-order valence-corrected chi connectivity index (χ1v) is 6.10. The zero-order valence-electron chi connectivity index (χ0n) is 8.13. The Kier molecular flexibility index (Phi) is 3.44. The first-order chi connectivity index (χ1) is 6.79. The number of thiophene rings is 1. The highest BCUT2D eigenvalue weighted by atomic mass is 35.5. The summed E-state index contributed by atoms with van der Waals surface area (Å²) in [6.45, 7) is 4.01. The minimum atomic E-state index is 0.186. The molecule has 1 aromatic heterocycles. The number of hydrogen-bond acceptors (Lipinski definition) is 3. The van der Waals surface area contributed by atoms with Crippen molar-refractivity contribution in [1.29, 1.82) is 0 Å². The van der Waals surface area contributed by atoms with E-state index in [1.54, 1.807) is 11.3 Å². The first kappa shape index (κ1) is 10.4. The molecule has 1 aliphatic heterocycles. The molecule has 1 saturated heterocycles. The predicted molar refractivity (Wildman–Crippen MR) is 60.1 cm³/mol. The maximum absolute atomic E-state index is 5.92. The standard InChI is InChI=1S/C10H14ClNOS/c1-2-7-5-12-6-8(13-7)9-3-4-10(11)14-9/h3-4,7-8,12H,2,5-6H2,1H3. The molecule has 2 atom stereocenters.